The Labute approximate surface area is 146 Å². The molecule has 0 aliphatic carbocycles. The fraction of sp³-hybridized carbons (Fsp3) is 0.238. The number of esters is 1. The predicted molar refractivity (Wildman–Crippen MR) is 96.5 cm³/mol. The average Bonchev–Trinajstić information content (AvgIpc) is 2.59. The molecule has 0 unspecified atom stereocenters. The summed E-state index contributed by atoms with van der Waals surface area (Å²) < 4.78 is 10.6. The van der Waals surface area contributed by atoms with E-state index >= 15 is 0 Å². The fourth-order valence-corrected chi connectivity index (χ4v) is 2.82. The van der Waals surface area contributed by atoms with Crippen LogP contribution in [0.25, 0.3) is 11.0 Å². The van der Waals surface area contributed by atoms with Crippen LogP contribution in [0, 0.1) is 6.92 Å². The van der Waals surface area contributed by atoms with Crippen LogP contribution in [0.15, 0.2) is 63.8 Å². The van der Waals surface area contributed by atoms with Crippen LogP contribution in [0.1, 0.15) is 36.0 Å². The molecule has 128 valence electrons. The molecule has 0 radical (unpaired) electrons. The molecule has 0 aliphatic heterocycles. The van der Waals surface area contributed by atoms with Gasteiger partial charge in [-0.3, -0.25) is 4.79 Å². The number of aryl methyl sites for hydroxylation is 1. The topological polar surface area (TPSA) is 56.5 Å². The van der Waals surface area contributed by atoms with E-state index in [0.29, 0.717) is 17.6 Å². The molecule has 0 aliphatic rings. The van der Waals surface area contributed by atoms with E-state index in [1.807, 2.05) is 56.3 Å². The summed E-state index contributed by atoms with van der Waals surface area (Å²) in [6, 6.07) is 16.8. The van der Waals surface area contributed by atoms with Crippen LogP contribution in [-0.2, 0) is 16.1 Å². The van der Waals surface area contributed by atoms with Crippen molar-refractivity contribution in [3.63, 3.8) is 0 Å². The Balaban J connectivity index is 1.70. The first-order valence-electron chi connectivity index (χ1n) is 8.27. The summed E-state index contributed by atoms with van der Waals surface area (Å²) in [4.78, 5) is 23.9. The molecule has 3 aromatic rings. The van der Waals surface area contributed by atoms with Gasteiger partial charge < -0.3 is 9.15 Å². The minimum Gasteiger partial charge on any atom is -0.461 e. The molecule has 3 rings (SSSR count). The smallest absolute Gasteiger partial charge is 0.336 e. The molecular weight excluding hydrogens is 316 g/mol. The molecule has 2 aromatic carbocycles. The van der Waals surface area contributed by atoms with Gasteiger partial charge in [-0.05, 0) is 30.0 Å². The maximum Gasteiger partial charge on any atom is 0.336 e. The number of rotatable bonds is 5. The van der Waals surface area contributed by atoms with Crippen molar-refractivity contribution >= 4 is 16.9 Å². The maximum absolute atomic E-state index is 12.2. The van der Waals surface area contributed by atoms with E-state index in [4.69, 9.17) is 9.15 Å². The van der Waals surface area contributed by atoms with Crippen LogP contribution < -0.4 is 5.63 Å². The molecule has 1 aromatic heterocycles. The molecule has 0 saturated carbocycles. The molecule has 1 atom stereocenters. The Morgan fingerprint density at radius 2 is 1.88 bits per heavy atom. The lowest BCUT2D eigenvalue weighted by Gasteiger charge is -2.12. The summed E-state index contributed by atoms with van der Waals surface area (Å²) in [6.07, 6.45) is 0.294. The monoisotopic (exact) mass is 336 g/mol. The zero-order valence-electron chi connectivity index (χ0n) is 14.3. The van der Waals surface area contributed by atoms with Crippen molar-refractivity contribution in [2.24, 2.45) is 0 Å². The normalized spacial score (nSPS) is 12.1. The molecule has 25 heavy (non-hydrogen) atoms. The number of hydrogen-bond donors (Lipinski definition) is 0. The Morgan fingerprint density at radius 1 is 1.12 bits per heavy atom. The standard InChI is InChI=1S/C21H20O4/c1-14-8-9-18-17(12-21(23)25-19(18)10-14)13-24-20(22)11-15(2)16-6-4-3-5-7-16/h3-10,12,15H,11,13H2,1-2H3/t15-/m1/s1. The van der Waals surface area contributed by atoms with Gasteiger partial charge in [0.15, 0.2) is 0 Å². The first kappa shape index (κ1) is 17.0. The van der Waals surface area contributed by atoms with Gasteiger partial charge in [-0.1, -0.05) is 49.4 Å². The van der Waals surface area contributed by atoms with Crippen LogP contribution in [0.3, 0.4) is 0 Å². The van der Waals surface area contributed by atoms with Crippen molar-refractivity contribution < 1.29 is 13.9 Å². The Bertz CT molecular complexity index is 941. The summed E-state index contributed by atoms with van der Waals surface area (Å²) in [7, 11) is 0. The van der Waals surface area contributed by atoms with Gasteiger partial charge in [0.2, 0.25) is 0 Å². The van der Waals surface area contributed by atoms with Gasteiger partial charge in [0.05, 0.1) is 6.42 Å². The second-order valence-electron chi connectivity index (χ2n) is 6.27. The number of fused-ring (bicyclic) bond motifs is 1. The zero-order chi connectivity index (χ0) is 17.8. The quantitative estimate of drug-likeness (QED) is 0.514. The second-order valence-corrected chi connectivity index (χ2v) is 6.27. The van der Waals surface area contributed by atoms with Crippen LogP contribution in [0.5, 0.6) is 0 Å². The van der Waals surface area contributed by atoms with E-state index in [0.717, 1.165) is 16.5 Å². The predicted octanol–water partition coefficient (Wildman–Crippen LogP) is 4.34. The largest absolute Gasteiger partial charge is 0.461 e. The third-order valence-corrected chi connectivity index (χ3v) is 4.22. The van der Waals surface area contributed by atoms with Crippen molar-refractivity contribution in [1.29, 1.82) is 0 Å². The van der Waals surface area contributed by atoms with Crippen LogP contribution in [0.4, 0.5) is 0 Å². The van der Waals surface area contributed by atoms with Gasteiger partial charge in [-0.25, -0.2) is 4.79 Å². The van der Waals surface area contributed by atoms with Gasteiger partial charge in [-0.15, -0.1) is 0 Å². The molecule has 0 N–H and O–H groups in total. The third kappa shape index (κ3) is 4.15. The molecule has 0 saturated heterocycles. The Hall–Kier alpha value is -2.88. The molecule has 4 nitrogen and oxygen atoms in total. The van der Waals surface area contributed by atoms with Gasteiger partial charge in [0, 0.05) is 17.0 Å². The minimum atomic E-state index is -0.443. The number of ether oxygens (including phenoxy) is 1. The first-order chi connectivity index (χ1) is 12.0. The van der Waals surface area contributed by atoms with Gasteiger partial charge >= 0.3 is 11.6 Å². The third-order valence-electron chi connectivity index (χ3n) is 4.22. The second kappa shape index (κ2) is 7.34. The highest BCUT2D eigenvalue weighted by Crippen LogP contribution is 2.21. The lowest BCUT2D eigenvalue weighted by molar-refractivity contribution is -0.145. The van der Waals surface area contributed by atoms with E-state index in [9.17, 15) is 9.59 Å². The SMILES string of the molecule is Cc1ccc2c(COC(=O)C[C@@H](C)c3ccccc3)cc(=O)oc2c1. The lowest BCUT2D eigenvalue weighted by Crippen LogP contribution is -2.10. The summed E-state index contributed by atoms with van der Waals surface area (Å²) in [5.74, 6) is -0.209. The minimum absolute atomic E-state index is 0.0610. The van der Waals surface area contributed by atoms with E-state index in [1.54, 1.807) is 6.07 Å². The fourth-order valence-electron chi connectivity index (χ4n) is 2.82. The molecule has 4 heteroatoms. The molecule has 0 spiro atoms. The number of benzene rings is 2. The zero-order valence-corrected chi connectivity index (χ0v) is 14.3. The van der Waals surface area contributed by atoms with Gasteiger partial charge in [0.25, 0.3) is 0 Å². The molecular formula is C21H20O4. The van der Waals surface area contributed by atoms with E-state index < -0.39 is 5.63 Å². The van der Waals surface area contributed by atoms with Crippen molar-refractivity contribution in [1.82, 2.24) is 0 Å². The van der Waals surface area contributed by atoms with E-state index in [-0.39, 0.29) is 18.5 Å². The number of hydrogen-bond acceptors (Lipinski definition) is 4. The Kier molecular flexibility index (Phi) is 4.98. The lowest BCUT2D eigenvalue weighted by atomic mass is 9.98. The first-order valence-corrected chi connectivity index (χ1v) is 8.27. The van der Waals surface area contributed by atoms with Crippen molar-refractivity contribution in [2.75, 3.05) is 0 Å². The molecule has 0 amide bonds. The highest BCUT2D eigenvalue weighted by Gasteiger charge is 2.13. The summed E-state index contributed by atoms with van der Waals surface area (Å²) >= 11 is 0. The van der Waals surface area contributed by atoms with Crippen LogP contribution in [0.2, 0.25) is 0 Å². The highest BCUT2D eigenvalue weighted by molar-refractivity contribution is 5.81. The number of carbonyl (C=O) groups is 1. The molecule has 0 bridgehead atoms. The Morgan fingerprint density at radius 3 is 2.64 bits per heavy atom. The highest BCUT2D eigenvalue weighted by atomic mass is 16.5. The molecule has 0 fully saturated rings. The van der Waals surface area contributed by atoms with Crippen molar-refractivity contribution in [3.05, 3.63) is 81.7 Å². The average molecular weight is 336 g/mol. The van der Waals surface area contributed by atoms with Crippen LogP contribution in [-0.4, -0.2) is 5.97 Å². The number of carbonyl (C=O) groups excluding carboxylic acids is 1. The van der Waals surface area contributed by atoms with E-state index in [2.05, 4.69) is 0 Å². The summed E-state index contributed by atoms with van der Waals surface area (Å²) in [6.45, 7) is 3.98. The van der Waals surface area contributed by atoms with Crippen LogP contribution >= 0.6 is 0 Å². The maximum atomic E-state index is 12.2. The van der Waals surface area contributed by atoms with E-state index in [1.165, 1.54) is 6.07 Å². The summed E-state index contributed by atoms with van der Waals surface area (Å²) in [5, 5.41) is 0.786. The van der Waals surface area contributed by atoms with Crippen molar-refractivity contribution in [3.8, 4) is 0 Å². The van der Waals surface area contributed by atoms with Gasteiger partial charge in [-0.2, -0.15) is 0 Å². The van der Waals surface area contributed by atoms with Crippen molar-refractivity contribution in [2.45, 2.75) is 32.8 Å². The summed E-state index contributed by atoms with van der Waals surface area (Å²) in [5.41, 5.74) is 2.83. The molecule has 1 heterocycles. The van der Waals surface area contributed by atoms with Gasteiger partial charge in [0.1, 0.15) is 12.2 Å².